The van der Waals surface area contributed by atoms with E-state index in [4.69, 9.17) is 20.4 Å². The highest BCUT2D eigenvalue weighted by molar-refractivity contribution is 5.97. The molecule has 0 saturated carbocycles. The molecule has 8 heteroatoms. The van der Waals surface area contributed by atoms with Gasteiger partial charge >= 0.3 is 0 Å². The fourth-order valence-electron chi connectivity index (χ4n) is 2.92. The molecule has 0 saturated heterocycles. The van der Waals surface area contributed by atoms with E-state index >= 15 is 0 Å². The van der Waals surface area contributed by atoms with Gasteiger partial charge in [-0.3, -0.25) is 4.98 Å². The minimum Gasteiger partial charge on any atom is -0.495 e. The number of amidine groups is 1. The number of nitrogens with two attached hydrogens (primary N) is 1. The second-order valence-corrected chi connectivity index (χ2v) is 6.86. The van der Waals surface area contributed by atoms with Crippen molar-refractivity contribution in [3.63, 3.8) is 0 Å². The first kappa shape index (κ1) is 21.0. The SMILES string of the molecule is COc1ccc([C@H](C)CCOc2nc(C)ncc2-c2ccc(/C(N)=N/O)cc2)nc1. The molecule has 0 bridgehead atoms. The van der Waals surface area contributed by atoms with Crippen molar-refractivity contribution in [2.24, 2.45) is 10.9 Å². The topological polar surface area (TPSA) is 116 Å². The molecule has 0 aliphatic carbocycles. The highest BCUT2D eigenvalue weighted by atomic mass is 16.5. The summed E-state index contributed by atoms with van der Waals surface area (Å²) in [7, 11) is 1.62. The minimum absolute atomic E-state index is 0.0549. The maximum absolute atomic E-state index is 8.81. The molecule has 0 aliphatic rings. The molecule has 2 heterocycles. The molecule has 0 aliphatic heterocycles. The first-order valence-corrected chi connectivity index (χ1v) is 9.56. The van der Waals surface area contributed by atoms with E-state index in [1.54, 1.807) is 31.6 Å². The first-order chi connectivity index (χ1) is 14.5. The average Bonchev–Trinajstić information content (AvgIpc) is 2.79. The molecule has 3 N–H and O–H groups in total. The molecule has 0 spiro atoms. The summed E-state index contributed by atoms with van der Waals surface area (Å²) in [5.41, 5.74) is 8.89. The number of ether oxygens (including phenoxy) is 2. The van der Waals surface area contributed by atoms with Crippen LogP contribution in [0, 0.1) is 6.92 Å². The molecule has 3 aromatic rings. The highest BCUT2D eigenvalue weighted by Gasteiger charge is 2.13. The van der Waals surface area contributed by atoms with Gasteiger partial charge in [0.15, 0.2) is 5.84 Å². The number of pyridine rings is 1. The molecular weight excluding hydrogens is 382 g/mol. The lowest BCUT2D eigenvalue weighted by Gasteiger charge is -2.14. The van der Waals surface area contributed by atoms with Crippen molar-refractivity contribution < 1.29 is 14.7 Å². The van der Waals surface area contributed by atoms with Gasteiger partial charge in [-0.25, -0.2) is 4.98 Å². The molecule has 1 aromatic carbocycles. The van der Waals surface area contributed by atoms with Crippen LogP contribution in [0.25, 0.3) is 11.1 Å². The van der Waals surface area contributed by atoms with Crippen LogP contribution in [0.1, 0.15) is 36.3 Å². The van der Waals surface area contributed by atoms with E-state index in [-0.39, 0.29) is 11.8 Å². The van der Waals surface area contributed by atoms with Crippen molar-refractivity contribution in [3.8, 4) is 22.8 Å². The van der Waals surface area contributed by atoms with Gasteiger partial charge in [0, 0.05) is 23.4 Å². The summed E-state index contributed by atoms with van der Waals surface area (Å²) in [4.78, 5) is 13.2. The van der Waals surface area contributed by atoms with Crippen molar-refractivity contribution in [1.29, 1.82) is 0 Å². The summed E-state index contributed by atoms with van der Waals surface area (Å²) in [6, 6.07) is 11.1. The van der Waals surface area contributed by atoms with Gasteiger partial charge in [-0.15, -0.1) is 0 Å². The molecular formula is C22H25N5O3. The van der Waals surface area contributed by atoms with Crippen LogP contribution in [0.15, 0.2) is 53.9 Å². The molecule has 0 amide bonds. The van der Waals surface area contributed by atoms with Gasteiger partial charge in [0.2, 0.25) is 5.88 Å². The van der Waals surface area contributed by atoms with E-state index in [0.717, 1.165) is 29.0 Å². The maximum atomic E-state index is 8.81. The Labute approximate surface area is 175 Å². The molecule has 1 atom stereocenters. The van der Waals surface area contributed by atoms with E-state index in [0.29, 0.717) is 23.9 Å². The highest BCUT2D eigenvalue weighted by Crippen LogP contribution is 2.29. The van der Waals surface area contributed by atoms with Gasteiger partial charge in [0.25, 0.3) is 0 Å². The Morgan fingerprint density at radius 1 is 1.13 bits per heavy atom. The van der Waals surface area contributed by atoms with Crippen LogP contribution < -0.4 is 15.2 Å². The zero-order valence-electron chi connectivity index (χ0n) is 17.2. The number of aromatic nitrogens is 3. The third-order valence-electron chi connectivity index (χ3n) is 4.76. The van der Waals surface area contributed by atoms with Crippen molar-refractivity contribution in [3.05, 3.63) is 65.9 Å². The van der Waals surface area contributed by atoms with Crippen molar-refractivity contribution in [2.45, 2.75) is 26.2 Å². The Hall–Kier alpha value is -3.68. The zero-order valence-corrected chi connectivity index (χ0v) is 17.2. The van der Waals surface area contributed by atoms with Crippen LogP contribution in [0.5, 0.6) is 11.6 Å². The molecule has 0 fully saturated rings. The predicted octanol–water partition coefficient (Wildman–Crippen LogP) is 3.52. The quantitative estimate of drug-likeness (QED) is 0.254. The smallest absolute Gasteiger partial charge is 0.224 e. The Morgan fingerprint density at radius 2 is 1.90 bits per heavy atom. The van der Waals surface area contributed by atoms with Crippen molar-refractivity contribution in [1.82, 2.24) is 15.0 Å². The Morgan fingerprint density at radius 3 is 2.53 bits per heavy atom. The molecule has 30 heavy (non-hydrogen) atoms. The van der Waals surface area contributed by atoms with E-state index < -0.39 is 0 Å². The molecule has 0 unspecified atom stereocenters. The largest absolute Gasteiger partial charge is 0.495 e. The van der Waals surface area contributed by atoms with Crippen LogP contribution in [0.2, 0.25) is 0 Å². The predicted molar refractivity (Wildman–Crippen MR) is 114 cm³/mol. The third-order valence-corrected chi connectivity index (χ3v) is 4.76. The summed E-state index contributed by atoms with van der Waals surface area (Å²) in [6.07, 6.45) is 4.24. The minimum atomic E-state index is 0.0549. The number of methoxy groups -OCH3 is 1. The number of oxime groups is 1. The van der Waals surface area contributed by atoms with Gasteiger partial charge < -0.3 is 20.4 Å². The third kappa shape index (κ3) is 5.02. The lowest BCUT2D eigenvalue weighted by Crippen LogP contribution is -2.12. The second kappa shape index (κ2) is 9.69. The zero-order chi connectivity index (χ0) is 21.5. The average molecular weight is 407 g/mol. The maximum Gasteiger partial charge on any atom is 0.224 e. The lowest BCUT2D eigenvalue weighted by atomic mass is 10.0. The number of hydrogen-bond donors (Lipinski definition) is 2. The van der Waals surface area contributed by atoms with Crippen LogP contribution in [-0.2, 0) is 0 Å². The normalized spacial score (nSPS) is 12.4. The Kier molecular flexibility index (Phi) is 6.79. The summed E-state index contributed by atoms with van der Waals surface area (Å²) in [5, 5.41) is 11.8. The standard InChI is InChI=1S/C22H25N5O3/c1-14(20-9-8-18(29-3)12-25-20)10-11-30-22-19(13-24-15(2)26-22)16-4-6-17(7-5-16)21(23)27-28/h4-9,12-14,28H,10-11H2,1-3H3,(H2,23,27)/t14-/m1/s1. The summed E-state index contributed by atoms with van der Waals surface area (Å²) < 4.78 is 11.2. The monoisotopic (exact) mass is 407 g/mol. The number of rotatable bonds is 8. The number of hydrogen-bond acceptors (Lipinski definition) is 7. The van der Waals surface area contributed by atoms with Gasteiger partial charge in [-0.1, -0.05) is 36.3 Å². The van der Waals surface area contributed by atoms with E-state index in [1.807, 2.05) is 31.2 Å². The van der Waals surface area contributed by atoms with E-state index in [9.17, 15) is 0 Å². The van der Waals surface area contributed by atoms with Gasteiger partial charge in [-0.2, -0.15) is 4.98 Å². The molecule has 2 aromatic heterocycles. The van der Waals surface area contributed by atoms with Crippen LogP contribution in [-0.4, -0.2) is 39.7 Å². The molecule has 3 rings (SSSR count). The Bertz CT molecular complexity index is 1000. The molecule has 156 valence electrons. The van der Waals surface area contributed by atoms with Gasteiger partial charge in [0.1, 0.15) is 11.6 Å². The van der Waals surface area contributed by atoms with E-state index in [2.05, 4.69) is 27.0 Å². The number of nitrogens with zero attached hydrogens (tertiary/aromatic N) is 4. The summed E-state index contributed by atoms with van der Waals surface area (Å²) in [6.45, 7) is 4.42. The molecule has 0 radical (unpaired) electrons. The van der Waals surface area contributed by atoms with E-state index in [1.165, 1.54) is 0 Å². The summed E-state index contributed by atoms with van der Waals surface area (Å²) >= 11 is 0. The number of benzene rings is 1. The van der Waals surface area contributed by atoms with Crippen molar-refractivity contribution >= 4 is 5.84 Å². The van der Waals surface area contributed by atoms with Crippen LogP contribution in [0.3, 0.4) is 0 Å². The first-order valence-electron chi connectivity index (χ1n) is 9.56. The van der Waals surface area contributed by atoms with Crippen molar-refractivity contribution in [2.75, 3.05) is 13.7 Å². The fourth-order valence-corrected chi connectivity index (χ4v) is 2.92. The van der Waals surface area contributed by atoms with Gasteiger partial charge in [0.05, 0.1) is 25.5 Å². The lowest BCUT2D eigenvalue weighted by molar-refractivity contribution is 0.289. The van der Waals surface area contributed by atoms with Crippen LogP contribution >= 0.6 is 0 Å². The van der Waals surface area contributed by atoms with Crippen LogP contribution in [0.4, 0.5) is 0 Å². The summed E-state index contributed by atoms with van der Waals surface area (Å²) in [5.74, 6) is 2.17. The number of aryl methyl sites for hydroxylation is 1. The molecule has 8 nitrogen and oxygen atoms in total. The second-order valence-electron chi connectivity index (χ2n) is 6.86. The fraction of sp³-hybridized carbons (Fsp3) is 0.273. The van der Waals surface area contributed by atoms with Gasteiger partial charge in [-0.05, 0) is 31.0 Å². The Balaban J connectivity index is 1.70.